The summed E-state index contributed by atoms with van der Waals surface area (Å²) in [7, 11) is 0. The van der Waals surface area contributed by atoms with Gasteiger partial charge in [0.2, 0.25) is 0 Å². The second-order valence-electron chi connectivity index (χ2n) is 12.0. The average molecular weight is 661 g/mol. The molecule has 0 spiro atoms. The highest BCUT2D eigenvalue weighted by Gasteiger charge is 2.22. The smallest absolute Gasteiger partial charge is 0.180 e. The van der Waals surface area contributed by atoms with Crippen LogP contribution in [-0.4, -0.2) is 19.9 Å². The Hall–Kier alpha value is -6.50. The maximum atomic E-state index is 6.34. The molecule has 9 rings (SSSR count). The van der Waals surface area contributed by atoms with E-state index in [9.17, 15) is 0 Å². The molecule has 0 aliphatic heterocycles. The lowest BCUT2D eigenvalue weighted by atomic mass is 10.00. The molecule has 0 atom stereocenters. The fourth-order valence-corrected chi connectivity index (χ4v) is 7.49. The number of para-hydroxylation sites is 1. The Bertz CT molecular complexity index is 2670. The Morgan fingerprint density at radius 1 is 0.600 bits per heavy atom. The molecule has 5 nitrogen and oxygen atoms in total. The van der Waals surface area contributed by atoms with E-state index >= 15 is 0 Å². The molecule has 0 fully saturated rings. The van der Waals surface area contributed by atoms with Crippen molar-refractivity contribution in [3.05, 3.63) is 169 Å². The number of furan rings is 1. The normalized spacial score (nSPS) is 11.4. The summed E-state index contributed by atoms with van der Waals surface area (Å²) in [6.07, 6.45) is 1.88. The first-order chi connectivity index (χ1) is 24.6. The van der Waals surface area contributed by atoms with Crippen LogP contribution in [0.25, 0.3) is 89.0 Å². The number of nitrogens with zero attached hydrogens (tertiary/aromatic N) is 4. The largest absolute Gasteiger partial charge is 0.452 e. The molecule has 0 aliphatic rings. The van der Waals surface area contributed by atoms with Crippen LogP contribution < -0.4 is 0 Å². The Morgan fingerprint density at radius 2 is 1.22 bits per heavy atom. The molecule has 236 valence electrons. The minimum absolute atomic E-state index is 0.532. The van der Waals surface area contributed by atoms with E-state index in [1.54, 1.807) is 11.3 Å². The summed E-state index contributed by atoms with van der Waals surface area (Å²) in [6.45, 7) is 8.78. The summed E-state index contributed by atoms with van der Waals surface area (Å²) in [5.74, 6) is 1.17. The molecule has 0 N–H and O–H groups in total. The third-order valence-corrected chi connectivity index (χ3v) is 10.0. The van der Waals surface area contributed by atoms with E-state index < -0.39 is 0 Å². The van der Waals surface area contributed by atoms with Crippen molar-refractivity contribution >= 4 is 55.1 Å². The molecule has 0 aliphatic carbocycles. The molecule has 6 heteroatoms. The molecule has 50 heavy (non-hydrogen) atoms. The zero-order valence-electron chi connectivity index (χ0n) is 26.9. The summed E-state index contributed by atoms with van der Waals surface area (Å²) in [5.41, 5.74) is 10.2. The van der Waals surface area contributed by atoms with Gasteiger partial charge in [-0.3, -0.25) is 0 Å². The number of thiophene rings is 1. The van der Waals surface area contributed by atoms with Gasteiger partial charge in [0.05, 0.1) is 11.4 Å². The molecule has 4 heterocycles. The Labute approximate surface area is 292 Å². The van der Waals surface area contributed by atoms with Crippen molar-refractivity contribution in [2.45, 2.75) is 0 Å². The summed E-state index contributed by atoms with van der Waals surface area (Å²) >= 11 is 1.67. The lowest BCUT2D eigenvalue weighted by molar-refractivity contribution is 0.667. The van der Waals surface area contributed by atoms with Gasteiger partial charge >= 0.3 is 0 Å². The number of fused-ring (bicyclic) bond motifs is 4. The lowest BCUT2D eigenvalue weighted by Crippen LogP contribution is -1.99. The van der Waals surface area contributed by atoms with E-state index in [-0.39, 0.29) is 0 Å². The van der Waals surface area contributed by atoms with E-state index in [0.29, 0.717) is 22.8 Å². The van der Waals surface area contributed by atoms with Crippen molar-refractivity contribution in [3.63, 3.8) is 0 Å². The predicted molar refractivity (Wildman–Crippen MR) is 207 cm³/mol. The Kier molecular flexibility index (Phi) is 7.22. The third-order valence-electron chi connectivity index (χ3n) is 8.86. The Morgan fingerprint density at radius 3 is 1.88 bits per heavy atom. The molecular formula is C44H28N4OS. The van der Waals surface area contributed by atoms with Crippen molar-refractivity contribution in [2.24, 2.45) is 0 Å². The molecule has 0 unspecified atom stereocenters. The molecule has 5 aromatic carbocycles. The molecular weight excluding hydrogens is 633 g/mol. The topological polar surface area (TPSA) is 64.7 Å². The highest BCUT2D eigenvalue weighted by molar-refractivity contribution is 7.20. The summed E-state index contributed by atoms with van der Waals surface area (Å²) in [5, 5.41) is 1.95. The van der Waals surface area contributed by atoms with E-state index in [1.807, 2.05) is 97.1 Å². The number of benzene rings is 5. The monoisotopic (exact) mass is 660 g/mol. The molecule has 0 saturated heterocycles. The van der Waals surface area contributed by atoms with Crippen molar-refractivity contribution < 1.29 is 4.42 Å². The minimum atomic E-state index is 0.532. The van der Waals surface area contributed by atoms with Gasteiger partial charge in [-0.15, -0.1) is 11.3 Å². The second kappa shape index (κ2) is 12.2. The standard InChI is InChI=1S/C44H28N4OS/c1-3-37-39(27(2)43-47-40(30-19-11-6-12-20-30)42-41(48-43)32-21-13-14-22-36(32)49-42)33-25-31(23-24-38(33)50-37)44-45-34(28-15-7-4-8-16-28)26-35(46-44)29-17-9-5-10-18-29/h3-26H,1-2H2. The SMILES string of the molecule is C=Cc1sc2ccc(-c3nc(-c4ccccc4)cc(-c4ccccc4)n3)cc2c1C(=C)c1nc(-c2ccccc2)c2oc3ccccc3c2n1. The lowest BCUT2D eigenvalue weighted by Gasteiger charge is -2.11. The van der Waals surface area contributed by atoms with Crippen LogP contribution in [0.4, 0.5) is 0 Å². The van der Waals surface area contributed by atoms with Crippen molar-refractivity contribution in [3.8, 4) is 45.2 Å². The number of hydrogen-bond donors (Lipinski definition) is 0. The second-order valence-corrected chi connectivity index (χ2v) is 13.1. The molecule has 0 bridgehead atoms. The first-order valence-electron chi connectivity index (χ1n) is 16.3. The van der Waals surface area contributed by atoms with Gasteiger partial charge in [-0.05, 0) is 36.4 Å². The maximum Gasteiger partial charge on any atom is 0.180 e. The summed E-state index contributed by atoms with van der Waals surface area (Å²) in [6, 6.07) is 46.9. The fraction of sp³-hybridized carbons (Fsp3) is 0. The van der Waals surface area contributed by atoms with Crippen molar-refractivity contribution in [2.75, 3.05) is 0 Å². The number of rotatable bonds is 7. The average Bonchev–Trinajstić information content (AvgIpc) is 3.76. The zero-order valence-corrected chi connectivity index (χ0v) is 27.7. The quantitative estimate of drug-likeness (QED) is 0.170. The maximum absolute atomic E-state index is 6.34. The van der Waals surface area contributed by atoms with Crippen LogP contribution in [0.2, 0.25) is 0 Å². The first kappa shape index (κ1) is 29.6. The van der Waals surface area contributed by atoms with Gasteiger partial charge in [-0.1, -0.05) is 122 Å². The molecule has 0 saturated carbocycles. The van der Waals surface area contributed by atoms with E-state index in [4.69, 9.17) is 24.4 Å². The minimum Gasteiger partial charge on any atom is -0.452 e. The van der Waals surface area contributed by atoms with Gasteiger partial charge in [0.15, 0.2) is 17.2 Å². The molecule has 0 amide bonds. The molecule has 9 aromatic rings. The van der Waals surface area contributed by atoms with Crippen LogP contribution in [0.5, 0.6) is 0 Å². The van der Waals surface area contributed by atoms with Gasteiger partial charge < -0.3 is 4.42 Å². The zero-order chi connectivity index (χ0) is 33.6. The Balaban J connectivity index is 1.23. The van der Waals surface area contributed by atoms with Crippen LogP contribution in [0, 0.1) is 0 Å². The summed E-state index contributed by atoms with van der Waals surface area (Å²) in [4.78, 5) is 21.4. The summed E-state index contributed by atoms with van der Waals surface area (Å²) < 4.78 is 7.44. The van der Waals surface area contributed by atoms with Gasteiger partial charge in [-0.2, -0.15) is 0 Å². The van der Waals surface area contributed by atoms with Crippen molar-refractivity contribution in [1.82, 2.24) is 19.9 Å². The van der Waals surface area contributed by atoms with Crippen LogP contribution in [0.3, 0.4) is 0 Å². The van der Waals surface area contributed by atoms with Crippen LogP contribution in [0.15, 0.2) is 157 Å². The number of aromatic nitrogens is 4. The highest BCUT2D eigenvalue weighted by atomic mass is 32.1. The van der Waals surface area contributed by atoms with Gasteiger partial charge in [0.25, 0.3) is 0 Å². The van der Waals surface area contributed by atoms with E-state index in [1.165, 1.54) is 0 Å². The first-order valence-corrected chi connectivity index (χ1v) is 17.1. The van der Waals surface area contributed by atoms with Gasteiger partial charge in [0, 0.05) is 53.7 Å². The van der Waals surface area contributed by atoms with Crippen LogP contribution in [-0.2, 0) is 0 Å². The van der Waals surface area contributed by atoms with E-state index in [2.05, 4.69) is 61.7 Å². The van der Waals surface area contributed by atoms with Crippen LogP contribution in [0.1, 0.15) is 16.3 Å². The molecule has 4 aromatic heterocycles. The predicted octanol–water partition coefficient (Wildman–Crippen LogP) is 11.8. The fourth-order valence-electron chi connectivity index (χ4n) is 6.43. The highest BCUT2D eigenvalue weighted by Crippen LogP contribution is 2.42. The number of hydrogen-bond acceptors (Lipinski definition) is 6. The van der Waals surface area contributed by atoms with Crippen LogP contribution >= 0.6 is 11.3 Å². The third kappa shape index (κ3) is 5.10. The molecule has 0 radical (unpaired) electrons. The van der Waals surface area contributed by atoms with E-state index in [0.717, 1.165) is 76.3 Å². The van der Waals surface area contributed by atoms with Crippen molar-refractivity contribution in [1.29, 1.82) is 0 Å². The van der Waals surface area contributed by atoms with Gasteiger partial charge in [-0.25, -0.2) is 19.9 Å². The van der Waals surface area contributed by atoms with Gasteiger partial charge in [0.1, 0.15) is 16.8 Å².